The van der Waals surface area contributed by atoms with Crippen molar-refractivity contribution >= 4 is 58.4 Å². The van der Waals surface area contributed by atoms with E-state index in [-0.39, 0.29) is 6.61 Å². The normalized spacial score (nSPS) is 10.7. The highest BCUT2D eigenvalue weighted by atomic mass is 16.3. The molecule has 0 radical (unpaired) electrons. The maximum Gasteiger partial charge on any atom is 0.233 e. The molecule has 14 heteroatoms. The summed E-state index contributed by atoms with van der Waals surface area (Å²) in [7, 11) is 0. The molecule has 0 spiro atoms. The number of anilines is 10. The van der Waals surface area contributed by atoms with Gasteiger partial charge in [0, 0.05) is 42.4 Å². The van der Waals surface area contributed by atoms with Gasteiger partial charge in [0.25, 0.3) is 0 Å². The Kier molecular flexibility index (Phi) is 11.0. The summed E-state index contributed by atoms with van der Waals surface area (Å²) < 4.78 is 0. The maximum absolute atomic E-state index is 9.31. The molecule has 254 valence electrons. The van der Waals surface area contributed by atoms with Gasteiger partial charge in [-0.05, 0) is 78.6 Å². The molecule has 4 aromatic carbocycles. The van der Waals surface area contributed by atoms with E-state index in [1.807, 2.05) is 110 Å². The van der Waals surface area contributed by atoms with Crippen molar-refractivity contribution < 1.29 is 5.11 Å². The summed E-state index contributed by atoms with van der Waals surface area (Å²) in [4.78, 5) is 27.4. The molecule has 0 fully saturated rings. The number of nitrogens with one attached hydrogen (secondary N) is 6. The van der Waals surface area contributed by atoms with Crippen LogP contribution in [0.25, 0.3) is 0 Å². The first-order valence-electron chi connectivity index (χ1n) is 16.2. The van der Waals surface area contributed by atoms with Gasteiger partial charge in [0.15, 0.2) is 0 Å². The first-order chi connectivity index (χ1) is 24.5. The van der Waals surface area contributed by atoms with E-state index in [1.165, 1.54) is 0 Å². The second-order valence-electron chi connectivity index (χ2n) is 11.3. The third-order valence-corrected chi connectivity index (χ3v) is 7.44. The summed E-state index contributed by atoms with van der Waals surface area (Å²) in [5.41, 5.74) is 12.3. The smallest absolute Gasteiger partial charge is 0.233 e. The van der Waals surface area contributed by atoms with Gasteiger partial charge in [-0.1, -0.05) is 54.6 Å². The Bertz CT molecular complexity index is 1980. The molecule has 2 heterocycles. The molecule has 0 bridgehead atoms. The molecule has 0 saturated carbocycles. The van der Waals surface area contributed by atoms with Crippen LogP contribution < -0.4 is 37.6 Å². The van der Waals surface area contributed by atoms with E-state index in [9.17, 15) is 5.11 Å². The number of hydrogen-bond donors (Lipinski definition) is 8. The zero-order chi connectivity index (χ0) is 34.5. The number of benzene rings is 4. The van der Waals surface area contributed by atoms with E-state index >= 15 is 0 Å². The second-order valence-corrected chi connectivity index (χ2v) is 11.3. The highest BCUT2D eigenvalue weighted by Crippen LogP contribution is 2.23. The summed E-state index contributed by atoms with van der Waals surface area (Å²) in [5.74, 6) is 2.30. The minimum Gasteiger partial charge on any atom is -0.399 e. The lowest BCUT2D eigenvalue weighted by atomic mass is 10.1. The summed E-state index contributed by atoms with van der Waals surface area (Å²) in [6.07, 6.45) is 0.772. The topological polar surface area (TPSA) is 196 Å². The molecule has 0 aliphatic heterocycles. The van der Waals surface area contributed by atoms with E-state index in [1.54, 1.807) is 0 Å². The fraction of sp³-hybridized carbons (Fsp3) is 0.167. The van der Waals surface area contributed by atoms with Crippen molar-refractivity contribution in [1.29, 1.82) is 0 Å². The maximum atomic E-state index is 9.31. The number of aryl methyl sites for hydroxylation is 1. The van der Waals surface area contributed by atoms with Crippen molar-refractivity contribution in [3.05, 3.63) is 120 Å². The number of nitrogen functional groups attached to an aromatic ring is 1. The fourth-order valence-electron chi connectivity index (χ4n) is 4.87. The number of hydrogen-bond acceptors (Lipinski definition) is 14. The van der Waals surface area contributed by atoms with Crippen LogP contribution >= 0.6 is 0 Å². The molecule has 0 amide bonds. The van der Waals surface area contributed by atoms with Crippen LogP contribution in [0.3, 0.4) is 0 Å². The molecule has 2 aromatic heterocycles. The van der Waals surface area contributed by atoms with Crippen molar-refractivity contribution in [3.63, 3.8) is 0 Å². The largest absolute Gasteiger partial charge is 0.399 e. The van der Waals surface area contributed by atoms with Gasteiger partial charge >= 0.3 is 0 Å². The van der Waals surface area contributed by atoms with Crippen LogP contribution in [0.4, 0.5) is 58.4 Å². The quantitative estimate of drug-likeness (QED) is 0.0572. The summed E-state index contributed by atoms with van der Waals surface area (Å²) >= 11 is 0. The zero-order valence-corrected chi connectivity index (χ0v) is 27.6. The first-order valence-corrected chi connectivity index (χ1v) is 16.2. The lowest BCUT2D eigenvalue weighted by Gasteiger charge is -2.14. The average Bonchev–Trinajstić information content (AvgIpc) is 3.12. The Balaban J connectivity index is 1.18. The Labute approximate surface area is 290 Å². The van der Waals surface area contributed by atoms with Gasteiger partial charge in [0.05, 0.1) is 6.61 Å². The Hall–Kier alpha value is -6.54. The van der Waals surface area contributed by atoms with Gasteiger partial charge in [0.2, 0.25) is 35.7 Å². The fourth-order valence-corrected chi connectivity index (χ4v) is 4.87. The molecule has 9 N–H and O–H groups in total. The predicted molar refractivity (Wildman–Crippen MR) is 200 cm³/mol. The Morgan fingerprint density at radius 3 is 1.62 bits per heavy atom. The zero-order valence-electron chi connectivity index (χ0n) is 27.6. The van der Waals surface area contributed by atoms with Gasteiger partial charge in [-0.25, -0.2) is 0 Å². The van der Waals surface area contributed by atoms with Gasteiger partial charge in [-0.2, -0.15) is 29.9 Å². The summed E-state index contributed by atoms with van der Waals surface area (Å²) in [6, 6.07) is 33.2. The van der Waals surface area contributed by atoms with Crippen LogP contribution in [0, 0.1) is 6.92 Å². The molecule has 0 aliphatic carbocycles. The van der Waals surface area contributed by atoms with E-state index in [4.69, 9.17) is 5.73 Å². The lowest BCUT2D eigenvalue weighted by Crippen LogP contribution is -2.13. The van der Waals surface area contributed by atoms with Crippen molar-refractivity contribution in [2.24, 2.45) is 0 Å². The summed E-state index contributed by atoms with van der Waals surface area (Å²) in [5, 5.41) is 28.8. The molecule has 0 aliphatic rings. The predicted octanol–water partition coefficient (Wildman–Crippen LogP) is 5.85. The molecule has 0 saturated heterocycles. The highest BCUT2D eigenvalue weighted by molar-refractivity contribution is 5.61. The standard InChI is InChI=1S/C36H39N13O/c1-24-12-17-30(22-26(24)23-40-33-44-32(39-20-21-50)47-34(48-33)41-28-8-4-2-5-9-28)43-36-46-31(38-19-18-25-13-15-27(37)16-14-25)45-35(49-36)42-29-10-6-3-7-11-29/h2-17,22,50H,18-21,23,37H2,1H3,(H3,38,42,43,45,46,49)(H3,39,40,41,44,47,48). The second kappa shape index (κ2) is 16.5. The van der Waals surface area contributed by atoms with Crippen LogP contribution in [0.2, 0.25) is 0 Å². The Morgan fingerprint density at radius 1 is 0.540 bits per heavy atom. The number of nitrogens with zero attached hydrogens (tertiary/aromatic N) is 6. The number of nitrogens with two attached hydrogens (primary N) is 1. The van der Waals surface area contributed by atoms with E-state index in [0.29, 0.717) is 55.3 Å². The average molecular weight is 670 g/mol. The number of para-hydroxylation sites is 2. The van der Waals surface area contributed by atoms with Gasteiger partial charge in [-0.3, -0.25) is 0 Å². The van der Waals surface area contributed by atoms with E-state index in [0.717, 1.165) is 45.9 Å². The molecule has 6 rings (SSSR count). The monoisotopic (exact) mass is 669 g/mol. The molecule has 0 atom stereocenters. The minimum atomic E-state index is -0.0545. The van der Waals surface area contributed by atoms with Crippen molar-refractivity contribution in [2.45, 2.75) is 19.9 Å². The van der Waals surface area contributed by atoms with E-state index < -0.39 is 0 Å². The van der Waals surface area contributed by atoms with Crippen LogP contribution in [0.1, 0.15) is 16.7 Å². The first kappa shape index (κ1) is 33.4. The van der Waals surface area contributed by atoms with Crippen molar-refractivity contribution in [3.8, 4) is 0 Å². The SMILES string of the molecule is Cc1ccc(Nc2nc(NCCc3ccc(N)cc3)nc(Nc3ccccc3)n2)cc1CNc1nc(NCCO)nc(Nc2ccccc2)n1. The van der Waals surface area contributed by atoms with Gasteiger partial charge < -0.3 is 42.7 Å². The molecule has 50 heavy (non-hydrogen) atoms. The molecule has 6 aromatic rings. The number of aliphatic hydroxyl groups is 1. The summed E-state index contributed by atoms with van der Waals surface area (Å²) in [6.45, 7) is 3.35. The van der Waals surface area contributed by atoms with Crippen LogP contribution in [-0.4, -0.2) is 54.7 Å². The third kappa shape index (κ3) is 9.74. The molecular weight excluding hydrogens is 630 g/mol. The molecule has 0 unspecified atom stereocenters. The highest BCUT2D eigenvalue weighted by Gasteiger charge is 2.11. The van der Waals surface area contributed by atoms with E-state index in [2.05, 4.69) is 61.8 Å². The third-order valence-electron chi connectivity index (χ3n) is 7.44. The number of rotatable bonds is 16. The lowest BCUT2D eigenvalue weighted by molar-refractivity contribution is 0.311. The molecular formula is C36H39N13O. The van der Waals surface area contributed by atoms with Crippen LogP contribution in [0.15, 0.2) is 103 Å². The Morgan fingerprint density at radius 2 is 1.04 bits per heavy atom. The van der Waals surface area contributed by atoms with Crippen LogP contribution in [-0.2, 0) is 13.0 Å². The number of aliphatic hydroxyl groups excluding tert-OH is 1. The van der Waals surface area contributed by atoms with Gasteiger partial charge in [-0.15, -0.1) is 0 Å². The van der Waals surface area contributed by atoms with Crippen molar-refractivity contribution in [1.82, 2.24) is 29.9 Å². The number of aromatic nitrogens is 6. The van der Waals surface area contributed by atoms with Crippen molar-refractivity contribution in [2.75, 3.05) is 57.3 Å². The molecule has 14 nitrogen and oxygen atoms in total. The van der Waals surface area contributed by atoms with Crippen LogP contribution in [0.5, 0.6) is 0 Å². The minimum absolute atomic E-state index is 0.0545. The van der Waals surface area contributed by atoms with Gasteiger partial charge in [0.1, 0.15) is 0 Å².